The molecule has 0 aliphatic carbocycles. The number of carbonyl (C=O) groups is 1. The number of likely N-dealkylation sites (tertiary alicyclic amines) is 1. The summed E-state index contributed by atoms with van der Waals surface area (Å²) in [5.41, 5.74) is 1.08. The van der Waals surface area contributed by atoms with Gasteiger partial charge in [0.1, 0.15) is 12.4 Å². The summed E-state index contributed by atoms with van der Waals surface area (Å²) in [6, 6.07) is 3.65. The molecule has 0 aromatic carbocycles. The molecule has 0 bridgehead atoms. The molecule has 128 valence electrons. The van der Waals surface area contributed by atoms with Crippen molar-refractivity contribution < 1.29 is 13.6 Å². The first-order valence-electron chi connectivity index (χ1n) is 7.88. The van der Waals surface area contributed by atoms with Gasteiger partial charge < -0.3 is 9.32 Å². The monoisotopic (exact) mass is 342 g/mol. The van der Waals surface area contributed by atoms with Gasteiger partial charge in [-0.25, -0.2) is 14.4 Å². The van der Waals surface area contributed by atoms with Gasteiger partial charge in [0.05, 0.1) is 25.4 Å². The van der Waals surface area contributed by atoms with Crippen LogP contribution in [0.1, 0.15) is 28.4 Å². The van der Waals surface area contributed by atoms with Gasteiger partial charge in [0.25, 0.3) is 5.91 Å². The average Bonchev–Trinajstić information content (AvgIpc) is 3.36. The lowest BCUT2D eigenvalue weighted by Crippen LogP contribution is -2.29. The van der Waals surface area contributed by atoms with Crippen LogP contribution in [0.3, 0.4) is 0 Å². The summed E-state index contributed by atoms with van der Waals surface area (Å²) in [5.74, 6) is 0.714. The van der Waals surface area contributed by atoms with Gasteiger partial charge in [-0.3, -0.25) is 4.79 Å². The molecule has 0 spiro atoms. The number of halogens is 1. The molecule has 0 N–H and O–H groups in total. The Balaban J connectivity index is 1.43. The van der Waals surface area contributed by atoms with Crippen molar-refractivity contribution in [1.29, 1.82) is 0 Å². The lowest BCUT2D eigenvalue weighted by molar-refractivity contribution is 0.0777. The van der Waals surface area contributed by atoms with Gasteiger partial charge in [-0.05, 0) is 18.1 Å². The molecule has 9 heteroatoms. The lowest BCUT2D eigenvalue weighted by Gasteiger charge is -2.12. The third-order valence-electron chi connectivity index (χ3n) is 3.98. The van der Waals surface area contributed by atoms with Crippen molar-refractivity contribution in [1.82, 2.24) is 29.9 Å². The van der Waals surface area contributed by atoms with E-state index in [1.165, 1.54) is 16.0 Å². The Morgan fingerprint density at radius 1 is 1.32 bits per heavy atom. The first-order valence-corrected chi connectivity index (χ1v) is 7.88. The summed E-state index contributed by atoms with van der Waals surface area (Å²) < 4.78 is 18.6. The fourth-order valence-corrected chi connectivity index (χ4v) is 2.70. The minimum absolute atomic E-state index is 0.119. The van der Waals surface area contributed by atoms with Gasteiger partial charge in [-0.2, -0.15) is 10.2 Å². The number of aromatic nitrogens is 5. The maximum absolute atomic E-state index is 13.2. The number of hydrogen-bond acceptors (Lipinski definition) is 6. The number of amides is 1. The first kappa shape index (κ1) is 15.4. The maximum Gasteiger partial charge on any atom is 0.275 e. The highest BCUT2D eigenvalue weighted by atomic mass is 19.1. The molecule has 25 heavy (non-hydrogen) atoms. The summed E-state index contributed by atoms with van der Waals surface area (Å²) >= 11 is 0. The second-order valence-corrected chi connectivity index (χ2v) is 5.78. The smallest absolute Gasteiger partial charge is 0.275 e. The van der Waals surface area contributed by atoms with E-state index in [1.807, 2.05) is 6.07 Å². The fourth-order valence-electron chi connectivity index (χ4n) is 2.70. The highest BCUT2D eigenvalue weighted by Crippen LogP contribution is 2.17. The van der Waals surface area contributed by atoms with Gasteiger partial charge in [-0.1, -0.05) is 6.07 Å². The Hall–Kier alpha value is -3.10. The topological polar surface area (TPSA) is 89.9 Å². The minimum atomic E-state index is -0.954. The molecular weight excluding hydrogens is 327 g/mol. The SMILES string of the molecule is O=C(c1coc(Cc2ccc(-n3nccn3)nc2)n1)N1CCC(F)C1. The predicted octanol–water partition coefficient (Wildman–Crippen LogP) is 1.43. The Kier molecular flexibility index (Phi) is 3.96. The van der Waals surface area contributed by atoms with E-state index in [1.54, 1.807) is 24.7 Å². The van der Waals surface area contributed by atoms with Crippen LogP contribution in [0.2, 0.25) is 0 Å². The van der Waals surface area contributed by atoms with Crippen molar-refractivity contribution in [3.05, 3.63) is 54.1 Å². The van der Waals surface area contributed by atoms with Crippen molar-refractivity contribution in [3.8, 4) is 5.82 Å². The molecule has 1 aliphatic heterocycles. The zero-order valence-corrected chi connectivity index (χ0v) is 13.2. The normalized spacial score (nSPS) is 17.2. The number of pyridine rings is 1. The average molecular weight is 342 g/mol. The zero-order valence-electron chi connectivity index (χ0n) is 13.2. The molecule has 0 saturated carbocycles. The van der Waals surface area contributed by atoms with Crippen LogP contribution in [-0.2, 0) is 6.42 Å². The number of rotatable bonds is 4. The highest BCUT2D eigenvalue weighted by Gasteiger charge is 2.28. The fraction of sp³-hybridized carbons (Fsp3) is 0.312. The van der Waals surface area contributed by atoms with Crippen LogP contribution in [0.15, 0.2) is 41.4 Å². The summed E-state index contributed by atoms with van der Waals surface area (Å²) in [7, 11) is 0. The van der Waals surface area contributed by atoms with E-state index in [0.717, 1.165) is 5.56 Å². The van der Waals surface area contributed by atoms with E-state index in [0.29, 0.717) is 31.1 Å². The second kappa shape index (κ2) is 6.42. The van der Waals surface area contributed by atoms with Crippen LogP contribution in [0.25, 0.3) is 5.82 Å². The summed E-state index contributed by atoms with van der Waals surface area (Å²) in [5, 5.41) is 8.02. The number of nitrogens with zero attached hydrogens (tertiary/aromatic N) is 6. The van der Waals surface area contributed by atoms with Crippen LogP contribution in [0, 0.1) is 0 Å². The minimum Gasteiger partial charge on any atom is -0.448 e. The highest BCUT2D eigenvalue weighted by molar-refractivity contribution is 5.92. The number of alkyl halides is 1. The number of oxazole rings is 1. The molecule has 1 atom stereocenters. The Morgan fingerprint density at radius 2 is 2.16 bits per heavy atom. The zero-order chi connectivity index (χ0) is 17.2. The van der Waals surface area contributed by atoms with Crippen molar-refractivity contribution in [2.24, 2.45) is 0 Å². The molecule has 3 aromatic heterocycles. The van der Waals surface area contributed by atoms with E-state index in [9.17, 15) is 9.18 Å². The Morgan fingerprint density at radius 3 is 2.84 bits per heavy atom. The maximum atomic E-state index is 13.2. The van der Waals surface area contributed by atoms with Crippen molar-refractivity contribution in [2.45, 2.75) is 19.0 Å². The van der Waals surface area contributed by atoms with Crippen molar-refractivity contribution in [3.63, 3.8) is 0 Å². The molecule has 1 fully saturated rings. The predicted molar refractivity (Wildman–Crippen MR) is 83.9 cm³/mol. The van der Waals surface area contributed by atoms with Gasteiger partial charge in [-0.15, -0.1) is 4.80 Å². The number of carbonyl (C=O) groups excluding carboxylic acids is 1. The lowest BCUT2D eigenvalue weighted by atomic mass is 10.2. The van der Waals surface area contributed by atoms with Gasteiger partial charge in [0, 0.05) is 12.7 Å². The molecule has 1 aliphatic rings. The molecule has 8 nitrogen and oxygen atoms in total. The van der Waals surface area contributed by atoms with Gasteiger partial charge in [0.15, 0.2) is 17.4 Å². The summed E-state index contributed by atoms with van der Waals surface area (Å²) in [4.78, 5) is 23.6. The molecule has 1 unspecified atom stereocenters. The van der Waals surface area contributed by atoms with E-state index in [4.69, 9.17) is 4.42 Å². The van der Waals surface area contributed by atoms with E-state index < -0.39 is 6.17 Å². The molecule has 1 amide bonds. The molecule has 0 radical (unpaired) electrons. The third kappa shape index (κ3) is 3.25. The molecule has 1 saturated heterocycles. The van der Waals surface area contributed by atoms with Crippen LogP contribution in [0.5, 0.6) is 0 Å². The van der Waals surface area contributed by atoms with Crippen LogP contribution < -0.4 is 0 Å². The Bertz CT molecular complexity index is 861. The standard InChI is InChI=1S/C16H15FN6O2/c17-12-3-6-22(9-12)16(24)13-10-25-15(21-13)7-11-1-2-14(18-8-11)23-19-4-5-20-23/h1-2,4-5,8,10,12H,3,6-7,9H2. The molecule has 4 rings (SSSR count). The van der Waals surface area contributed by atoms with Crippen LogP contribution in [-0.4, -0.2) is 55.0 Å². The van der Waals surface area contributed by atoms with E-state index in [2.05, 4.69) is 20.2 Å². The van der Waals surface area contributed by atoms with Crippen molar-refractivity contribution in [2.75, 3.05) is 13.1 Å². The molecular formula is C16H15FN6O2. The largest absolute Gasteiger partial charge is 0.448 e. The second-order valence-electron chi connectivity index (χ2n) is 5.78. The van der Waals surface area contributed by atoms with E-state index in [-0.39, 0.29) is 18.1 Å². The van der Waals surface area contributed by atoms with E-state index >= 15 is 0 Å². The Labute approximate surface area is 142 Å². The first-order chi connectivity index (χ1) is 12.2. The third-order valence-corrected chi connectivity index (χ3v) is 3.98. The molecule has 3 aromatic rings. The van der Waals surface area contributed by atoms with Crippen molar-refractivity contribution >= 4 is 5.91 Å². The summed E-state index contributed by atoms with van der Waals surface area (Å²) in [6.45, 7) is 0.531. The quantitative estimate of drug-likeness (QED) is 0.712. The number of hydrogen-bond donors (Lipinski definition) is 0. The van der Waals surface area contributed by atoms with Gasteiger partial charge in [0.2, 0.25) is 0 Å². The summed E-state index contributed by atoms with van der Waals surface area (Å²) in [6.07, 6.45) is 5.97. The van der Waals surface area contributed by atoms with Crippen LogP contribution in [0.4, 0.5) is 4.39 Å². The van der Waals surface area contributed by atoms with Gasteiger partial charge >= 0.3 is 0 Å². The molecule has 4 heterocycles. The van der Waals surface area contributed by atoms with Crippen LogP contribution >= 0.6 is 0 Å².